The van der Waals surface area contributed by atoms with Crippen molar-refractivity contribution in [1.29, 1.82) is 0 Å². The van der Waals surface area contributed by atoms with Crippen molar-refractivity contribution in [1.82, 2.24) is 10.9 Å². The van der Waals surface area contributed by atoms with Gasteiger partial charge in [-0.1, -0.05) is 23.7 Å². The van der Waals surface area contributed by atoms with Crippen molar-refractivity contribution < 1.29 is 17.6 Å². The van der Waals surface area contributed by atoms with Crippen molar-refractivity contribution >= 4 is 17.3 Å². The summed E-state index contributed by atoms with van der Waals surface area (Å²) >= 11 is 5.60. The molecule has 2 rings (SSSR count). The number of hydrogen-bond donors (Lipinski definition) is 2. The molecule has 0 fully saturated rings. The smallest absolute Gasteiger partial charge is 0.319 e. The highest BCUT2D eigenvalue weighted by Crippen LogP contribution is 2.35. The van der Waals surface area contributed by atoms with Crippen LogP contribution in [0.3, 0.4) is 0 Å². The Hall–Kier alpha value is -1.27. The molecule has 1 atom stereocenters. The molecule has 0 amide bonds. The SMILES string of the molecule is Fc1ccccc1C1=C(Cl)C(C(F)(F)F)NN1. The quantitative estimate of drug-likeness (QED) is 0.764. The van der Waals surface area contributed by atoms with Crippen LogP contribution in [0.25, 0.3) is 5.70 Å². The number of rotatable bonds is 1. The highest BCUT2D eigenvalue weighted by atomic mass is 35.5. The van der Waals surface area contributed by atoms with E-state index in [1.54, 1.807) is 0 Å². The van der Waals surface area contributed by atoms with Gasteiger partial charge in [0, 0.05) is 5.56 Å². The molecule has 0 aliphatic carbocycles. The average molecular weight is 267 g/mol. The standard InChI is InChI=1S/C10H7ClF4N2/c11-7-8(5-3-1-2-4-6(5)12)16-17-9(7)10(13,14)15/h1-4,9,16-17H. The van der Waals surface area contributed by atoms with Crippen LogP contribution in [-0.4, -0.2) is 12.2 Å². The Morgan fingerprint density at radius 1 is 1.18 bits per heavy atom. The molecule has 1 unspecified atom stereocenters. The second kappa shape index (κ2) is 4.19. The van der Waals surface area contributed by atoms with Gasteiger partial charge in [0.05, 0.1) is 10.7 Å². The van der Waals surface area contributed by atoms with Crippen molar-refractivity contribution in [3.63, 3.8) is 0 Å². The molecule has 7 heteroatoms. The fourth-order valence-corrected chi connectivity index (χ4v) is 1.82. The van der Waals surface area contributed by atoms with E-state index in [-0.39, 0.29) is 11.3 Å². The van der Waals surface area contributed by atoms with Crippen molar-refractivity contribution in [2.75, 3.05) is 0 Å². The van der Waals surface area contributed by atoms with Gasteiger partial charge >= 0.3 is 6.18 Å². The van der Waals surface area contributed by atoms with Gasteiger partial charge in [-0.05, 0) is 12.1 Å². The van der Waals surface area contributed by atoms with Crippen molar-refractivity contribution in [3.8, 4) is 0 Å². The molecule has 1 aromatic rings. The number of benzene rings is 1. The summed E-state index contributed by atoms with van der Waals surface area (Å²) in [6.45, 7) is 0. The van der Waals surface area contributed by atoms with Crippen LogP contribution in [0.2, 0.25) is 0 Å². The number of nitrogens with one attached hydrogen (secondary N) is 2. The third-order valence-electron chi connectivity index (χ3n) is 2.30. The summed E-state index contributed by atoms with van der Waals surface area (Å²) in [5.41, 5.74) is 4.14. The van der Waals surface area contributed by atoms with E-state index in [2.05, 4.69) is 5.43 Å². The number of hydrazine groups is 1. The number of hydrogen-bond acceptors (Lipinski definition) is 2. The van der Waals surface area contributed by atoms with Gasteiger partial charge in [0.25, 0.3) is 0 Å². The predicted molar refractivity (Wildman–Crippen MR) is 55.3 cm³/mol. The fourth-order valence-electron chi connectivity index (χ4n) is 1.50. The van der Waals surface area contributed by atoms with Crippen LogP contribution in [0.4, 0.5) is 17.6 Å². The molecule has 0 radical (unpaired) electrons. The Balaban J connectivity index is 2.41. The van der Waals surface area contributed by atoms with Gasteiger partial charge in [-0.25, -0.2) is 9.82 Å². The van der Waals surface area contributed by atoms with Crippen LogP contribution in [0, 0.1) is 5.82 Å². The first-order valence-electron chi connectivity index (χ1n) is 4.64. The molecule has 2 N–H and O–H groups in total. The van der Waals surface area contributed by atoms with Crippen LogP contribution in [0.1, 0.15) is 5.56 Å². The maximum Gasteiger partial charge on any atom is 0.410 e. The monoisotopic (exact) mass is 266 g/mol. The molecule has 0 spiro atoms. The van der Waals surface area contributed by atoms with Crippen LogP contribution < -0.4 is 10.9 Å². The lowest BCUT2D eigenvalue weighted by Gasteiger charge is -2.13. The summed E-state index contributed by atoms with van der Waals surface area (Å²) in [6.07, 6.45) is -4.53. The third-order valence-corrected chi connectivity index (χ3v) is 2.71. The van der Waals surface area contributed by atoms with Crippen LogP contribution in [0.5, 0.6) is 0 Å². The molecule has 1 aromatic carbocycles. The van der Waals surface area contributed by atoms with Crippen molar-refractivity contribution in [2.45, 2.75) is 12.2 Å². The molecular weight excluding hydrogens is 260 g/mol. The minimum Gasteiger partial charge on any atom is -0.319 e. The summed E-state index contributed by atoms with van der Waals surface area (Å²) in [6, 6.07) is 3.43. The molecule has 92 valence electrons. The van der Waals surface area contributed by atoms with E-state index in [1.807, 2.05) is 5.43 Å². The highest BCUT2D eigenvalue weighted by molar-refractivity contribution is 6.33. The van der Waals surface area contributed by atoms with Gasteiger partial charge in [0.2, 0.25) is 0 Å². The first kappa shape index (κ1) is 12.2. The molecule has 0 saturated heterocycles. The maximum atomic E-state index is 13.4. The molecule has 0 bridgehead atoms. The molecule has 1 heterocycles. The minimum absolute atomic E-state index is 0.00301. The molecule has 17 heavy (non-hydrogen) atoms. The Morgan fingerprint density at radius 2 is 1.82 bits per heavy atom. The van der Waals surface area contributed by atoms with Crippen molar-refractivity contribution in [2.24, 2.45) is 0 Å². The van der Waals surface area contributed by atoms with Gasteiger partial charge in [0.1, 0.15) is 5.82 Å². The molecule has 0 aromatic heterocycles. The van der Waals surface area contributed by atoms with Gasteiger partial charge < -0.3 is 5.43 Å². The number of halogens is 5. The van der Waals surface area contributed by atoms with E-state index in [0.29, 0.717) is 0 Å². The highest BCUT2D eigenvalue weighted by Gasteiger charge is 2.46. The zero-order chi connectivity index (χ0) is 12.6. The van der Waals surface area contributed by atoms with E-state index < -0.39 is 23.1 Å². The van der Waals surface area contributed by atoms with Gasteiger partial charge in [-0.3, -0.25) is 0 Å². The summed E-state index contributed by atoms with van der Waals surface area (Å²) in [4.78, 5) is 0. The van der Waals surface area contributed by atoms with Crippen LogP contribution in [-0.2, 0) is 0 Å². The van der Waals surface area contributed by atoms with E-state index in [0.717, 1.165) is 6.07 Å². The summed E-state index contributed by atoms with van der Waals surface area (Å²) < 4.78 is 50.9. The molecule has 0 saturated carbocycles. The Morgan fingerprint density at radius 3 is 2.35 bits per heavy atom. The van der Waals surface area contributed by atoms with E-state index in [9.17, 15) is 17.6 Å². The van der Waals surface area contributed by atoms with Gasteiger partial charge in [-0.15, -0.1) is 0 Å². The zero-order valence-corrected chi connectivity index (χ0v) is 9.03. The normalized spacial score (nSPS) is 20.6. The molecule has 2 nitrogen and oxygen atoms in total. The molecule has 1 aliphatic rings. The average Bonchev–Trinajstić information content (AvgIpc) is 2.60. The first-order chi connectivity index (χ1) is 7.91. The molecular formula is C10H7ClF4N2. The number of alkyl halides is 3. The lowest BCUT2D eigenvalue weighted by molar-refractivity contribution is -0.144. The van der Waals surface area contributed by atoms with E-state index in [4.69, 9.17) is 11.6 Å². The van der Waals surface area contributed by atoms with Crippen molar-refractivity contribution in [3.05, 3.63) is 40.7 Å². The van der Waals surface area contributed by atoms with E-state index in [1.165, 1.54) is 18.2 Å². The second-order valence-electron chi connectivity index (χ2n) is 3.45. The lowest BCUT2D eigenvalue weighted by atomic mass is 10.1. The Labute approximate surface area is 99.2 Å². The van der Waals surface area contributed by atoms with Crippen LogP contribution in [0.15, 0.2) is 29.3 Å². The topological polar surface area (TPSA) is 24.1 Å². The largest absolute Gasteiger partial charge is 0.410 e. The maximum absolute atomic E-state index is 13.4. The Kier molecular flexibility index (Phi) is 3.01. The minimum atomic E-state index is -4.53. The van der Waals surface area contributed by atoms with Gasteiger partial charge in [-0.2, -0.15) is 13.2 Å². The summed E-state index contributed by atoms with van der Waals surface area (Å²) in [7, 11) is 0. The summed E-state index contributed by atoms with van der Waals surface area (Å²) in [5, 5.41) is -0.498. The second-order valence-corrected chi connectivity index (χ2v) is 3.85. The van der Waals surface area contributed by atoms with Crippen LogP contribution >= 0.6 is 11.6 Å². The Bertz CT molecular complexity index is 470. The lowest BCUT2D eigenvalue weighted by Crippen LogP contribution is -2.42. The van der Waals surface area contributed by atoms with E-state index >= 15 is 0 Å². The fraction of sp³-hybridized carbons (Fsp3) is 0.200. The molecule has 1 aliphatic heterocycles. The van der Waals surface area contributed by atoms with Gasteiger partial charge in [0.15, 0.2) is 6.04 Å². The predicted octanol–water partition coefficient (Wildman–Crippen LogP) is 2.77. The first-order valence-corrected chi connectivity index (χ1v) is 5.02. The zero-order valence-electron chi connectivity index (χ0n) is 8.28. The summed E-state index contributed by atoms with van der Waals surface area (Å²) in [5.74, 6) is -0.641. The third kappa shape index (κ3) is 2.23.